The molecule has 0 saturated heterocycles. The first-order valence-electron chi connectivity index (χ1n) is 6.50. The van der Waals surface area contributed by atoms with Crippen LogP contribution in [0.15, 0.2) is 22.7 Å². The predicted octanol–water partition coefficient (Wildman–Crippen LogP) is 2.55. The summed E-state index contributed by atoms with van der Waals surface area (Å²) >= 11 is 3.27. The molecule has 3 N–H and O–H groups in total. The van der Waals surface area contributed by atoms with Crippen LogP contribution in [0.25, 0.3) is 0 Å². The molecule has 0 radical (unpaired) electrons. The molecule has 1 aromatic rings. The first kappa shape index (κ1) is 16.0. The van der Waals surface area contributed by atoms with Crippen molar-refractivity contribution in [2.24, 2.45) is 0 Å². The summed E-state index contributed by atoms with van der Waals surface area (Å²) in [6, 6.07) is 5.60. The minimum absolute atomic E-state index is 0.0775. The first-order chi connectivity index (χ1) is 9.02. The molecule has 1 atom stereocenters. The molecule has 0 spiro atoms. The van der Waals surface area contributed by atoms with Crippen LogP contribution >= 0.6 is 15.9 Å². The Morgan fingerprint density at radius 2 is 2.21 bits per heavy atom. The number of nitrogens with one attached hydrogen (secondary N) is 2. The van der Waals surface area contributed by atoms with Gasteiger partial charge in [0, 0.05) is 25.6 Å². The molecule has 0 aromatic heterocycles. The van der Waals surface area contributed by atoms with Gasteiger partial charge in [0.05, 0.1) is 4.47 Å². The number of phenols is 1. The molecule has 1 unspecified atom stereocenters. The minimum atomic E-state index is 0.0775. The van der Waals surface area contributed by atoms with E-state index in [0.29, 0.717) is 24.0 Å². The van der Waals surface area contributed by atoms with Gasteiger partial charge in [-0.15, -0.1) is 0 Å². The van der Waals surface area contributed by atoms with Gasteiger partial charge in [-0.2, -0.15) is 0 Å². The summed E-state index contributed by atoms with van der Waals surface area (Å²) in [5.41, 5.74) is 1.06. The van der Waals surface area contributed by atoms with Crippen molar-refractivity contribution in [1.29, 1.82) is 0 Å². The van der Waals surface area contributed by atoms with Crippen molar-refractivity contribution in [1.82, 2.24) is 10.6 Å². The van der Waals surface area contributed by atoms with E-state index in [2.05, 4.69) is 26.6 Å². The van der Waals surface area contributed by atoms with Gasteiger partial charge in [-0.1, -0.05) is 13.0 Å². The normalized spacial score (nSPS) is 12.2. The molecule has 0 aliphatic rings. The average Bonchev–Trinajstić information content (AvgIpc) is 2.38. The summed E-state index contributed by atoms with van der Waals surface area (Å²) in [6.45, 7) is 5.36. The van der Waals surface area contributed by atoms with Crippen LogP contribution < -0.4 is 10.6 Å². The summed E-state index contributed by atoms with van der Waals surface area (Å²) in [5, 5.41) is 15.5. The topological polar surface area (TPSA) is 61.4 Å². The molecule has 5 heteroatoms. The standard InChI is InChI=1S/C14H21BrN2O2/c1-3-10(2)17-14(19)6-7-16-9-11-4-5-13(18)12(15)8-11/h4-5,8,10,16,18H,3,6-7,9H2,1-2H3,(H,17,19). The third kappa shape index (κ3) is 6.07. The lowest BCUT2D eigenvalue weighted by Crippen LogP contribution is -2.33. The lowest BCUT2D eigenvalue weighted by molar-refractivity contribution is -0.121. The molecular formula is C14H21BrN2O2. The molecule has 1 rings (SSSR count). The monoisotopic (exact) mass is 328 g/mol. The van der Waals surface area contributed by atoms with Crippen molar-refractivity contribution in [2.75, 3.05) is 6.54 Å². The third-order valence-corrected chi connectivity index (χ3v) is 3.52. The van der Waals surface area contributed by atoms with Crippen LogP contribution in [0.5, 0.6) is 5.75 Å². The summed E-state index contributed by atoms with van der Waals surface area (Å²) in [6.07, 6.45) is 1.42. The minimum Gasteiger partial charge on any atom is -0.507 e. The van der Waals surface area contributed by atoms with Crippen LogP contribution in [0, 0.1) is 0 Å². The lowest BCUT2D eigenvalue weighted by atomic mass is 10.2. The number of phenolic OH excluding ortho intramolecular Hbond substituents is 1. The number of aromatic hydroxyl groups is 1. The van der Waals surface area contributed by atoms with E-state index >= 15 is 0 Å². The molecule has 0 saturated carbocycles. The van der Waals surface area contributed by atoms with Crippen molar-refractivity contribution in [3.63, 3.8) is 0 Å². The fourth-order valence-electron chi connectivity index (χ4n) is 1.54. The Morgan fingerprint density at radius 1 is 1.47 bits per heavy atom. The maximum absolute atomic E-state index is 11.5. The summed E-state index contributed by atoms with van der Waals surface area (Å²) in [5.74, 6) is 0.311. The summed E-state index contributed by atoms with van der Waals surface area (Å²) < 4.78 is 0.682. The number of carbonyl (C=O) groups excluding carboxylic acids is 1. The number of carbonyl (C=O) groups is 1. The molecule has 0 heterocycles. The van der Waals surface area contributed by atoms with Gasteiger partial charge in [0.15, 0.2) is 0 Å². The van der Waals surface area contributed by atoms with Gasteiger partial charge in [0.1, 0.15) is 5.75 Å². The van der Waals surface area contributed by atoms with E-state index < -0.39 is 0 Å². The molecule has 19 heavy (non-hydrogen) atoms. The summed E-state index contributed by atoms with van der Waals surface area (Å²) in [7, 11) is 0. The van der Waals surface area contributed by atoms with E-state index in [0.717, 1.165) is 12.0 Å². The van der Waals surface area contributed by atoms with Gasteiger partial charge in [0.25, 0.3) is 0 Å². The molecule has 0 aliphatic heterocycles. The number of hydrogen-bond donors (Lipinski definition) is 3. The quantitative estimate of drug-likeness (QED) is 0.674. The van der Waals surface area contributed by atoms with Crippen LogP contribution in [0.1, 0.15) is 32.3 Å². The van der Waals surface area contributed by atoms with Crippen molar-refractivity contribution in [3.8, 4) is 5.75 Å². The van der Waals surface area contributed by atoms with Crippen LogP contribution in [-0.4, -0.2) is 23.6 Å². The van der Waals surface area contributed by atoms with E-state index in [1.165, 1.54) is 0 Å². The Labute approximate surface area is 122 Å². The van der Waals surface area contributed by atoms with Crippen molar-refractivity contribution < 1.29 is 9.90 Å². The highest BCUT2D eigenvalue weighted by Gasteiger charge is 2.05. The van der Waals surface area contributed by atoms with Gasteiger partial charge >= 0.3 is 0 Å². The van der Waals surface area contributed by atoms with Gasteiger partial charge in [0.2, 0.25) is 5.91 Å². The van der Waals surface area contributed by atoms with Gasteiger partial charge < -0.3 is 15.7 Å². The second-order valence-electron chi connectivity index (χ2n) is 4.59. The lowest BCUT2D eigenvalue weighted by Gasteiger charge is -2.11. The van der Waals surface area contributed by atoms with E-state index in [1.807, 2.05) is 26.0 Å². The largest absolute Gasteiger partial charge is 0.507 e. The smallest absolute Gasteiger partial charge is 0.221 e. The van der Waals surface area contributed by atoms with Gasteiger partial charge in [-0.3, -0.25) is 4.79 Å². The number of amides is 1. The van der Waals surface area contributed by atoms with E-state index in [1.54, 1.807) is 6.07 Å². The highest BCUT2D eigenvalue weighted by atomic mass is 79.9. The van der Waals surface area contributed by atoms with Gasteiger partial charge in [-0.05, 0) is 47.0 Å². The zero-order valence-corrected chi connectivity index (χ0v) is 13.0. The van der Waals surface area contributed by atoms with E-state index in [-0.39, 0.29) is 17.7 Å². The SMILES string of the molecule is CCC(C)NC(=O)CCNCc1ccc(O)c(Br)c1. The van der Waals surface area contributed by atoms with Crippen molar-refractivity contribution >= 4 is 21.8 Å². The van der Waals surface area contributed by atoms with Crippen LogP contribution in [-0.2, 0) is 11.3 Å². The van der Waals surface area contributed by atoms with E-state index in [9.17, 15) is 9.90 Å². The molecule has 0 bridgehead atoms. The van der Waals surface area contributed by atoms with Crippen molar-refractivity contribution in [2.45, 2.75) is 39.3 Å². The van der Waals surface area contributed by atoms with Gasteiger partial charge in [-0.25, -0.2) is 0 Å². The molecule has 4 nitrogen and oxygen atoms in total. The van der Waals surface area contributed by atoms with E-state index in [4.69, 9.17) is 0 Å². The fraction of sp³-hybridized carbons (Fsp3) is 0.500. The van der Waals surface area contributed by atoms with Crippen molar-refractivity contribution in [3.05, 3.63) is 28.2 Å². The second kappa shape index (κ2) is 8.17. The van der Waals surface area contributed by atoms with Crippen LogP contribution in [0.3, 0.4) is 0 Å². The molecule has 0 aliphatic carbocycles. The highest BCUT2D eigenvalue weighted by Crippen LogP contribution is 2.24. The Hall–Kier alpha value is -1.07. The zero-order chi connectivity index (χ0) is 14.3. The maximum Gasteiger partial charge on any atom is 0.221 e. The van der Waals surface area contributed by atoms with Crippen LogP contribution in [0.2, 0.25) is 0 Å². The third-order valence-electron chi connectivity index (χ3n) is 2.89. The fourth-order valence-corrected chi connectivity index (χ4v) is 1.97. The second-order valence-corrected chi connectivity index (χ2v) is 5.44. The Bertz CT molecular complexity index is 424. The molecule has 1 aromatic carbocycles. The van der Waals surface area contributed by atoms with Crippen LogP contribution in [0.4, 0.5) is 0 Å². The Kier molecular flexibility index (Phi) is 6.87. The zero-order valence-electron chi connectivity index (χ0n) is 11.4. The maximum atomic E-state index is 11.5. The molecule has 0 fully saturated rings. The Balaban J connectivity index is 2.23. The number of halogens is 1. The number of hydrogen-bond acceptors (Lipinski definition) is 3. The number of rotatable bonds is 7. The number of benzene rings is 1. The summed E-state index contributed by atoms with van der Waals surface area (Å²) in [4.78, 5) is 11.5. The first-order valence-corrected chi connectivity index (χ1v) is 7.29. The highest BCUT2D eigenvalue weighted by molar-refractivity contribution is 9.10. The molecule has 106 valence electrons. The molecular weight excluding hydrogens is 308 g/mol. The Morgan fingerprint density at radius 3 is 2.84 bits per heavy atom. The molecule has 1 amide bonds. The average molecular weight is 329 g/mol. The predicted molar refractivity (Wildman–Crippen MR) is 80.0 cm³/mol.